The zero-order valence-electron chi connectivity index (χ0n) is 11.0. The number of hydrogen-bond acceptors (Lipinski definition) is 4. The summed E-state index contributed by atoms with van der Waals surface area (Å²) in [6, 6.07) is 2.64. The number of aromatic nitrogens is 2. The van der Waals surface area contributed by atoms with Gasteiger partial charge in [-0.2, -0.15) is 5.10 Å². The van der Waals surface area contributed by atoms with Crippen LogP contribution in [0.5, 0.6) is 0 Å². The number of hydrogen-bond donors (Lipinski definition) is 3. The van der Waals surface area contributed by atoms with Crippen molar-refractivity contribution in [3.63, 3.8) is 0 Å². The summed E-state index contributed by atoms with van der Waals surface area (Å²) in [5, 5.41) is 18.4. The third-order valence-corrected chi connectivity index (χ3v) is 3.82. The van der Waals surface area contributed by atoms with E-state index in [4.69, 9.17) is 0 Å². The van der Waals surface area contributed by atoms with Gasteiger partial charge in [-0.3, -0.25) is 9.59 Å². The van der Waals surface area contributed by atoms with Crippen LogP contribution >= 0.6 is 0 Å². The number of nitrogens with one attached hydrogen (secondary N) is 2. The van der Waals surface area contributed by atoms with Gasteiger partial charge in [0.25, 0.3) is 11.5 Å². The average molecular weight is 265 g/mol. The molecule has 1 aromatic rings. The Bertz CT molecular complexity index is 484. The molecule has 0 atom stereocenters. The van der Waals surface area contributed by atoms with E-state index in [0.29, 0.717) is 5.92 Å². The number of rotatable bonds is 3. The molecule has 6 heteroatoms. The first-order chi connectivity index (χ1) is 9.04. The van der Waals surface area contributed by atoms with Crippen LogP contribution < -0.4 is 10.9 Å². The Balaban J connectivity index is 2.08. The Kier molecular flexibility index (Phi) is 3.99. The van der Waals surface area contributed by atoms with Crippen LogP contribution in [0.15, 0.2) is 16.9 Å². The van der Waals surface area contributed by atoms with Crippen molar-refractivity contribution in [3.05, 3.63) is 28.2 Å². The van der Waals surface area contributed by atoms with Gasteiger partial charge in [-0.15, -0.1) is 0 Å². The number of amides is 1. The first-order valence-electron chi connectivity index (χ1n) is 6.54. The highest BCUT2D eigenvalue weighted by molar-refractivity contribution is 5.92. The number of aliphatic hydroxyl groups excluding tert-OH is 1. The van der Waals surface area contributed by atoms with Crippen molar-refractivity contribution in [1.82, 2.24) is 15.5 Å². The third kappa shape index (κ3) is 3.20. The molecule has 2 rings (SSSR count). The second-order valence-corrected chi connectivity index (χ2v) is 5.38. The van der Waals surface area contributed by atoms with Gasteiger partial charge < -0.3 is 10.4 Å². The van der Waals surface area contributed by atoms with Crippen molar-refractivity contribution >= 4 is 5.91 Å². The van der Waals surface area contributed by atoms with E-state index in [9.17, 15) is 14.7 Å². The van der Waals surface area contributed by atoms with Crippen molar-refractivity contribution in [2.24, 2.45) is 5.92 Å². The summed E-state index contributed by atoms with van der Waals surface area (Å²) in [4.78, 5) is 23.0. The minimum Gasteiger partial charge on any atom is -0.394 e. The Morgan fingerprint density at radius 3 is 2.74 bits per heavy atom. The first kappa shape index (κ1) is 13.7. The number of carbonyl (C=O) groups excluding carboxylic acids is 1. The van der Waals surface area contributed by atoms with E-state index in [1.807, 2.05) is 0 Å². The maximum atomic E-state index is 12.1. The Labute approximate surface area is 111 Å². The molecule has 0 saturated heterocycles. The van der Waals surface area contributed by atoms with E-state index < -0.39 is 5.54 Å². The smallest absolute Gasteiger partial charge is 0.272 e. The molecule has 6 nitrogen and oxygen atoms in total. The Morgan fingerprint density at radius 2 is 2.21 bits per heavy atom. The summed E-state index contributed by atoms with van der Waals surface area (Å²) in [7, 11) is 0. The van der Waals surface area contributed by atoms with Crippen LogP contribution in [0.25, 0.3) is 0 Å². The van der Waals surface area contributed by atoms with Gasteiger partial charge in [-0.05, 0) is 37.7 Å². The van der Waals surface area contributed by atoms with Crippen molar-refractivity contribution < 1.29 is 9.90 Å². The maximum Gasteiger partial charge on any atom is 0.272 e. The van der Waals surface area contributed by atoms with Crippen molar-refractivity contribution in [3.8, 4) is 0 Å². The van der Waals surface area contributed by atoms with Gasteiger partial charge in [0.15, 0.2) is 0 Å². The fourth-order valence-electron chi connectivity index (χ4n) is 2.41. The number of aliphatic hydroxyl groups is 1. The predicted octanol–water partition coefficient (Wildman–Crippen LogP) is 0.441. The lowest BCUT2D eigenvalue weighted by molar-refractivity contribution is 0.0711. The molecule has 1 aromatic heterocycles. The fourth-order valence-corrected chi connectivity index (χ4v) is 2.41. The number of H-pyrrole nitrogens is 1. The second kappa shape index (κ2) is 5.52. The molecule has 0 spiro atoms. The van der Waals surface area contributed by atoms with Gasteiger partial charge in [0.1, 0.15) is 5.69 Å². The molecule has 1 aliphatic rings. The molecule has 1 fully saturated rings. The molecule has 0 radical (unpaired) electrons. The van der Waals surface area contributed by atoms with Crippen molar-refractivity contribution in [2.45, 2.75) is 38.1 Å². The molecule has 3 N–H and O–H groups in total. The molecule has 0 aromatic carbocycles. The standard InChI is InChI=1S/C13H19N3O3/c1-9-4-6-13(8-17,7-5-9)14-12(19)10-2-3-11(18)16-15-10/h2-3,9,17H,4-8H2,1H3,(H,14,19)(H,16,18). The summed E-state index contributed by atoms with van der Waals surface area (Å²) < 4.78 is 0. The van der Waals surface area contributed by atoms with E-state index in [1.165, 1.54) is 12.1 Å². The van der Waals surface area contributed by atoms with Crippen LogP contribution in [0, 0.1) is 5.92 Å². The second-order valence-electron chi connectivity index (χ2n) is 5.38. The van der Waals surface area contributed by atoms with Gasteiger partial charge in [-0.25, -0.2) is 5.10 Å². The van der Waals surface area contributed by atoms with Crippen LogP contribution in [0.2, 0.25) is 0 Å². The topological polar surface area (TPSA) is 95.1 Å². The van der Waals surface area contributed by atoms with Gasteiger partial charge in [-0.1, -0.05) is 6.92 Å². The molecule has 1 heterocycles. The molecule has 1 amide bonds. The lowest BCUT2D eigenvalue weighted by Gasteiger charge is -2.38. The third-order valence-electron chi connectivity index (χ3n) is 3.82. The zero-order chi connectivity index (χ0) is 13.9. The average Bonchev–Trinajstić information content (AvgIpc) is 2.42. The lowest BCUT2D eigenvalue weighted by Crippen LogP contribution is -2.53. The summed E-state index contributed by atoms with van der Waals surface area (Å²) in [6.07, 6.45) is 3.50. The molecule has 0 unspecified atom stereocenters. The van der Waals surface area contributed by atoms with E-state index in [-0.39, 0.29) is 23.8 Å². The largest absolute Gasteiger partial charge is 0.394 e. The zero-order valence-corrected chi connectivity index (χ0v) is 11.0. The number of carbonyl (C=O) groups is 1. The van der Waals surface area contributed by atoms with Crippen molar-refractivity contribution in [1.29, 1.82) is 0 Å². The summed E-state index contributed by atoms with van der Waals surface area (Å²) in [6.45, 7) is 2.10. The normalized spacial score (nSPS) is 26.9. The van der Waals surface area contributed by atoms with Gasteiger partial charge >= 0.3 is 0 Å². The van der Waals surface area contributed by atoms with Crippen molar-refractivity contribution in [2.75, 3.05) is 6.61 Å². The van der Waals surface area contributed by atoms with Gasteiger partial charge in [0.05, 0.1) is 12.1 Å². The first-order valence-corrected chi connectivity index (χ1v) is 6.54. The Hall–Kier alpha value is -1.69. The Morgan fingerprint density at radius 1 is 1.53 bits per heavy atom. The number of nitrogens with zero attached hydrogens (tertiary/aromatic N) is 1. The summed E-state index contributed by atoms with van der Waals surface area (Å²) in [5.41, 5.74) is -0.743. The van der Waals surface area contributed by atoms with E-state index in [0.717, 1.165) is 25.7 Å². The van der Waals surface area contributed by atoms with E-state index >= 15 is 0 Å². The predicted molar refractivity (Wildman–Crippen MR) is 69.8 cm³/mol. The SMILES string of the molecule is CC1CCC(CO)(NC(=O)c2ccc(=O)[nH]n2)CC1. The molecule has 1 saturated carbocycles. The molecule has 1 aliphatic carbocycles. The number of aromatic amines is 1. The van der Waals surface area contributed by atoms with Crippen LogP contribution in [0.4, 0.5) is 0 Å². The minimum absolute atomic E-state index is 0.0746. The van der Waals surface area contributed by atoms with E-state index in [1.54, 1.807) is 0 Å². The summed E-state index contributed by atoms with van der Waals surface area (Å²) >= 11 is 0. The van der Waals surface area contributed by atoms with Crippen LogP contribution in [0.1, 0.15) is 43.1 Å². The maximum absolute atomic E-state index is 12.1. The molecule has 104 valence electrons. The van der Waals surface area contributed by atoms with Crippen LogP contribution in [-0.4, -0.2) is 33.4 Å². The minimum atomic E-state index is -0.554. The molecule has 0 aliphatic heterocycles. The lowest BCUT2D eigenvalue weighted by atomic mass is 9.77. The molecular weight excluding hydrogens is 246 g/mol. The van der Waals surface area contributed by atoms with Gasteiger partial charge in [0.2, 0.25) is 0 Å². The quantitative estimate of drug-likeness (QED) is 0.739. The molecular formula is C13H19N3O3. The van der Waals surface area contributed by atoms with Crippen LogP contribution in [-0.2, 0) is 0 Å². The molecule has 0 bridgehead atoms. The highest BCUT2D eigenvalue weighted by atomic mass is 16.3. The summed E-state index contributed by atoms with van der Waals surface area (Å²) in [5.74, 6) is 0.266. The monoisotopic (exact) mass is 265 g/mol. The van der Waals surface area contributed by atoms with E-state index in [2.05, 4.69) is 22.4 Å². The highest BCUT2D eigenvalue weighted by Gasteiger charge is 2.35. The molecule has 19 heavy (non-hydrogen) atoms. The van der Waals surface area contributed by atoms with Gasteiger partial charge in [0, 0.05) is 6.07 Å². The highest BCUT2D eigenvalue weighted by Crippen LogP contribution is 2.31. The fraction of sp³-hybridized carbons (Fsp3) is 0.615. The van der Waals surface area contributed by atoms with Crippen LogP contribution in [0.3, 0.4) is 0 Å².